The molecular weight excluding hydrogens is 468 g/mol. The first kappa shape index (κ1) is 22.1. The molecule has 3 aromatic carbocycles. The molecule has 34 heavy (non-hydrogen) atoms. The van der Waals surface area contributed by atoms with Crippen molar-refractivity contribution in [1.82, 2.24) is 15.5 Å². The van der Waals surface area contributed by atoms with Crippen molar-refractivity contribution in [1.29, 1.82) is 0 Å². The van der Waals surface area contributed by atoms with Crippen molar-refractivity contribution in [2.45, 2.75) is 13.0 Å². The number of allylic oxidation sites excluding steroid dienone is 1. The van der Waals surface area contributed by atoms with Crippen molar-refractivity contribution in [2.24, 2.45) is 0 Å². The first-order chi connectivity index (χ1) is 16.5. The molecule has 0 radical (unpaired) electrons. The highest BCUT2D eigenvalue weighted by molar-refractivity contribution is 7.80. The van der Waals surface area contributed by atoms with Crippen LogP contribution in [-0.2, 0) is 0 Å². The second-order valence-electron chi connectivity index (χ2n) is 7.76. The van der Waals surface area contributed by atoms with Gasteiger partial charge in [0.1, 0.15) is 5.75 Å². The van der Waals surface area contributed by atoms with Crippen LogP contribution in [0, 0.1) is 0 Å². The number of nitrogens with one attached hydrogen (secondary N) is 1. The van der Waals surface area contributed by atoms with Crippen LogP contribution in [0.1, 0.15) is 24.4 Å². The highest BCUT2D eigenvalue weighted by atomic mass is 35.5. The molecule has 0 amide bonds. The smallest absolute Gasteiger partial charge is 0.258 e. The van der Waals surface area contributed by atoms with Crippen molar-refractivity contribution in [2.75, 3.05) is 12.0 Å². The van der Waals surface area contributed by atoms with E-state index >= 15 is 0 Å². The summed E-state index contributed by atoms with van der Waals surface area (Å²) in [6.07, 6.45) is 0. The Morgan fingerprint density at radius 3 is 2.38 bits per heavy atom. The highest BCUT2D eigenvalue weighted by Gasteiger charge is 2.34. The van der Waals surface area contributed by atoms with Crippen LogP contribution in [0.5, 0.6) is 5.75 Å². The van der Waals surface area contributed by atoms with E-state index in [1.165, 1.54) is 0 Å². The van der Waals surface area contributed by atoms with E-state index in [1.807, 2.05) is 90.7 Å². The number of halogens is 1. The van der Waals surface area contributed by atoms with Crippen LogP contribution in [-0.4, -0.2) is 22.4 Å². The van der Waals surface area contributed by atoms with E-state index in [2.05, 4.69) is 10.5 Å². The van der Waals surface area contributed by atoms with Gasteiger partial charge in [-0.1, -0.05) is 47.1 Å². The Labute approximate surface area is 207 Å². The molecule has 0 saturated heterocycles. The van der Waals surface area contributed by atoms with Gasteiger partial charge >= 0.3 is 0 Å². The van der Waals surface area contributed by atoms with E-state index < -0.39 is 0 Å². The van der Waals surface area contributed by atoms with Gasteiger partial charge in [0, 0.05) is 22.0 Å². The van der Waals surface area contributed by atoms with Crippen LogP contribution < -0.4 is 15.0 Å². The van der Waals surface area contributed by atoms with E-state index in [1.54, 1.807) is 7.11 Å². The zero-order valence-electron chi connectivity index (χ0n) is 18.5. The van der Waals surface area contributed by atoms with Crippen molar-refractivity contribution in [3.63, 3.8) is 0 Å². The summed E-state index contributed by atoms with van der Waals surface area (Å²) in [6, 6.07) is 24.9. The number of thiocarbonyl (C=S) groups is 1. The van der Waals surface area contributed by atoms with Crippen molar-refractivity contribution in [3.05, 3.63) is 101 Å². The lowest BCUT2D eigenvalue weighted by Gasteiger charge is -2.37. The molecule has 1 aliphatic rings. The van der Waals surface area contributed by atoms with Crippen molar-refractivity contribution < 1.29 is 9.26 Å². The number of hydrogen-bond donors (Lipinski definition) is 1. The lowest BCUT2D eigenvalue weighted by atomic mass is 9.94. The molecule has 0 saturated carbocycles. The van der Waals surface area contributed by atoms with Gasteiger partial charge in [-0.05, 0) is 73.2 Å². The summed E-state index contributed by atoms with van der Waals surface area (Å²) in [5, 5.41) is 8.94. The molecule has 0 spiro atoms. The van der Waals surface area contributed by atoms with Gasteiger partial charge in [0.25, 0.3) is 5.89 Å². The normalized spacial score (nSPS) is 15.9. The Morgan fingerprint density at radius 2 is 1.71 bits per heavy atom. The number of aromatic nitrogens is 2. The SMILES string of the molecule is COc1ccc(-c2noc(C3=C(C)N(c4ccc(Cl)cc4)C(=S)NC3c3ccccc3)n2)cc1. The standard InChI is InChI=1S/C26H21ClN4O2S/c1-16-22(25-29-24(30-33-25)18-8-14-21(32-2)15-9-18)23(17-6-4-3-5-7-17)28-26(34)31(16)20-12-10-19(27)11-13-20/h3-15,23H,1-2H3,(H,28,34). The van der Waals surface area contributed by atoms with Gasteiger partial charge in [-0.3, -0.25) is 4.90 Å². The fourth-order valence-corrected chi connectivity index (χ4v) is 4.49. The molecule has 4 aromatic rings. The molecule has 6 nitrogen and oxygen atoms in total. The zero-order chi connectivity index (χ0) is 23.7. The molecule has 0 bridgehead atoms. The minimum atomic E-state index is -0.249. The summed E-state index contributed by atoms with van der Waals surface area (Å²) in [6.45, 7) is 2.00. The van der Waals surface area contributed by atoms with Gasteiger partial charge in [0.05, 0.1) is 18.7 Å². The monoisotopic (exact) mass is 488 g/mol. The topological polar surface area (TPSA) is 63.4 Å². The quantitative estimate of drug-likeness (QED) is 0.332. The largest absolute Gasteiger partial charge is 0.497 e. The van der Waals surface area contributed by atoms with Crippen LogP contribution in [0.3, 0.4) is 0 Å². The molecule has 0 fully saturated rings. The average Bonchev–Trinajstić information content (AvgIpc) is 3.35. The summed E-state index contributed by atoms with van der Waals surface area (Å²) in [4.78, 5) is 6.70. The molecule has 8 heteroatoms. The lowest BCUT2D eigenvalue weighted by Crippen LogP contribution is -2.46. The van der Waals surface area contributed by atoms with Gasteiger partial charge in [-0.15, -0.1) is 0 Å². The van der Waals surface area contributed by atoms with E-state index in [-0.39, 0.29) is 6.04 Å². The average molecular weight is 489 g/mol. The molecule has 1 N–H and O–H groups in total. The maximum atomic E-state index is 6.11. The zero-order valence-corrected chi connectivity index (χ0v) is 20.1. The summed E-state index contributed by atoms with van der Waals surface area (Å²) < 4.78 is 11.0. The summed E-state index contributed by atoms with van der Waals surface area (Å²) in [5.74, 6) is 1.68. The number of methoxy groups -OCH3 is 1. The molecule has 0 aliphatic carbocycles. The number of rotatable bonds is 5. The molecule has 1 aromatic heterocycles. The van der Waals surface area contributed by atoms with E-state index in [9.17, 15) is 0 Å². The maximum Gasteiger partial charge on any atom is 0.258 e. The molecular formula is C26H21ClN4O2S. The summed E-state index contributed by atoms with van der Waals surface area (Å²) in [5.41, 5.74) is 4.50. The van der Waals surface area contributed by atoms with Crippen molar-refractivity contribution in [3.8, 4) is 17.1 Å². The number of benzene rings is 3. The van der Waals surface area contributed by atoms with E-state index in [0.29, 0.717) is 21.9 Å². The molecule has 1 aliphatic heterocycles. The van der Waals surface area contributed by atoms with Crippen LogP contribution in [0.2, 0.25) is 5.02 Å². The number of hydrogen-bond acceptors (Lipinski definition) is 5. The number of nitrogens with zero attached hydrogens (tertiary/aromatic N) is 3. The summed E-state index contributed by atoms with van der Waals surface area (Å²) in [7, 11) is 1.63. The fourth-order valence-electron chi connectivity index (χ4n) is 4.01. The van der Waals surface area contributed by atoms with Crippen LogP contribution in [0.15, 0.2) is 89.1 Å². The van der Waals surface area contributed by atoms with Crippen LogP contribution in [0.25, 0.3) is 17.0 Å². The van der Waals surface area contributed by atoms with Gasteiger partial charge in [-0.25, -0.2) is 0 Å². The molecule has 2 heterocycles. The Balaban J connectivity index is 1.62. The lowest BCUT2D eigenvalue weighted by molar-refractivity contribution is 0.404. The van der Waals surface area contributed by atoms with Crippen LogP contribution >= 0.6 is 23.8 Å². The third-order valence-electron chi connectivity index (χ3n) is 5.71. The first-order valence-corrected chi connectivity index (χ1v) is 11.4. The Morgan fingerprint density at radius 1 is 1.00 bits per heavy atom. The van der Waals surface area contributed by atoms with Crippen molar-refractivity contribution >= 4 is 40.2 Å². The summed E-state index contributed by atoms with van der Waals surface area (Å²) >= 11 is 11.9. The van der Waals surface area contributed by atoms with Gasteiger partial charge in [-0.2, -0.15) is 4.98 Å². The first-order valence-electron chi connectivity index (χ1n) is 10.7. The number of anilines is 1. The van der Waals surface area contributed by atoms with Gasteiger partial charge in [0.15, 0.2) is 5.11 Å². The second kappa shape index (κ2) is 9.29. The molecule has 170 valence electrons. The third-order valence-corrected chi connectivity index (χ3v) is 6.26. The van der Waals surface area contributed by atoms with E-state index in [0.717, 1.165) is 33.8 Å². The Kier molecular flexibility index (Phi) is 6.04. The minimum Gasteiger partial charge on any atom is -0.497 e. The van der Waals surface area contributed by atoms with Crippen LogP contribution in [0.4, 0.5) is 5.69 Å². The molecule has 1 atom stereocenters. The molecule has 5 rings (SSSR count). The Hall–Kier alpha value is -3.68. The van der Waals surface area contributed by atoms with Gasteiger partial charge in [0.2, 0.25) is 5.82 Å². The fraction of sp³-hybridized carbons (Fsp3) is 0.115. The minimum absolute atomic E-state index is 0.249. The Bertz CT molecular complexity index is 1350. The highest BCUT2D eigenvalue weighted by Crippen LogP contribution is 2.39. The second-order valence-corrected chi connectivity index (χ2v) is 8.58. The van der Waals surface area contributed by atoms with E-state index in [4.69, 9.17) is 38.1 Å². The maximum absolute atomic E-state index is 6.11. The predicted octanol–water partition coefficient (Wildman–Crippen LogP) is 6.27. The van der Waals surface area contributed by atoms with Gasteiger partial charge < -0.3 is 14.6 Å². The third kappa shape index (κ3) is 4.16. The predicted molar refractivity (Wildman–Crippen MR) is 138 cm³/mol. The number of ether oxygens (including phenoxy) is 1. The molecule has 1 unspecified atom stereocenters.